The second-order valence-electron chi connectivity index (χ2n) is 9.12. The van der Waals surface area contributed by atoms with E-state index in [1.807, 2.05) is 6.92 Å². The lowest BCUT2D eigenvalue weighted by atomic mass is 9.82. The van der Waals surface area contributed by atoms with Crippen LogP contribution in [0.5, 0.6) is 0 Å². The van der Waals surface area contributed by atoms with E-state index in [1.165, 1.54) is 17.0 Å². The van der Waals surface area contributed by atoms with E-state index in [4.69, 9.17) is 4.74 Å². The van der Waals surface area contributed by atoms with Gasteiger partial charge in [-0.05, 0) is 67.6 Å². The van der Waals surface area contributed by atoms with Gasteiger partial charge in [-0.15, -0.1) is 0 Å². The summed E-state index contributed by atoms with van der Waals surface area (Å²) in [5.41, 5.74) is 6.31. The van der Waals surface area contributed by atoms with Gasteiger partial charge in [0.2, 0.25) is 11.8 Å². The molecule has 1 aliphatic heterocycles. The molecule has 36 heavy (non-hydrogen) atoms. The van der Waals surface area contributed by atoms with Gasteiger partial charge in [-0.25, -0.2) is 9.69 Å². The summed E-state index contributed by atoms with van der Waals surface area (Å²) in [5.74, 6) is -3.07. The summed E-state index contributed by atoms with van der Waals surface area (Å²) < 4.78 is 5.85. The number of carbonyl (C=O) groups excluding carboxylic acids is 5. The van der Waals surface area contributed by atoms with Crippen LogP contribution in [0.3, 0.4) is 0 Å². The Kier molecular flexibility index (Phi) is 6.21. The Bertz CT molecular complexity index is 1320. The second-order valence-corrected chi connectivity index (χ2v) is 10.0. The highest BCUT2D eigenvalue weighted by molar-refractivity contribution is 9.10. The van der Waals surface area contributed by atoms with Gasteiger partial charge in [0, 0.05) is 10.0 Å². The summed E-state index contributed by atoms with van der Waals surface area (Å²) in [6, 6.07) is 12.6. The van der Waals surface area contributed by atoms with Crippen molar-refractivity contribution in [3.8, 4) is 0 Å². The number of hydrogen-bond acceptors (Lipinski definition) is 6. The number of ether oxygens (including phenoxy) is 1. The molecule has 2 aromatic carbocycles. The number of halogens is 1. The maximum absolute atomic E-state index is 13.1. The van der Waals surface area contributed by atoms with Crippen LogP contribution in [-0.2, 0) is 19.1 Å². The third kappa shape index (κ3) is 4.21. The Morgan fingerprint density at radius 1 is 1.00 bits per heavy atom. The maximum atomic E-state index is 13.1. The van der Waals surface area contributed by atoms with Gasteiger partial charge in [-0.2, -0.15) is 0 Å². The first kappa shape index (κ1) is 23.9. The number of hydrazine groups is 1. The number of fused-ring (bicyclic) bond motifs is 5. The van der Waals surface area contributed by atoms with Gasteiger partial charge in [-0.3, -0.25) is 30.0 Å². The van der Waals surface area contributed by atoms with Crippen molar-refractivity contribution in [2.24, 2.45) is 23.7 Å². The summed E-state index contributed by atoms with van der Waals surface area (Å²) in [5, 5.41) is 0. The van der Waals surface area contributed by atoms with E-state index in [-0.39, 0.29) is 41.0 Å². The van der Waals surface area contributed by atoms with Crippen molar-refractivity contribution in [3.63, 3.8) is 0 Å². The fourth-order valence-corrected chi connectivity index (χ4v) is 5.62. The van der Waals surface area contributed by atoms with E-state index in [0.29, 0.717) is 11.3 Å². The fourth-order valence-electron chi connectivity index (χ4n) is 5.35. The summed E-state index contributed by atoms with van der Waals surface area (Å²) in [6.45, 7) is 1.37. The number of hydrogen-bond donors (Lipinski definition) is 2. The predicted molar refractivity (Wildman–Crippen MR) is 131 cm³/mol. The van der Waals surface area contributed by atoms with Gasteiger partial charge in [0.05, 0.1) is 23.1 Å². The summed E-state index contributed by atoms with van der Waals surface area (Å²) in [6.07, 6.45) is 2.94. The number of imide groups is 1. The molecular formula is C26H22BrN3O6. The monoisotopic (exact) mass is 551 g/mol. The normalized spacial score (nSPS) is 23.8. The van der Waals surface area contributed by atoms with E-state index >= 15 is 0 Å². The third-order valence-corrected chi connectivity index (χ3v) is 7.51. The molecule has 0 spiro atoms. The van der Waals surface area contributed by atoms with E-state index in [0.717, 1.165) is 16.5 Å². The van der Waals surface area contributed by atoms with Crippen LogP contribution < -0.4 is 15.8 Å². The molecule has 0 radical (unpaired) electrons. The van der Waals surface area contributed by atoms with Gasteiger partial charge in [0.15, 0.2) is 6.61 Å². The molecule has 2 N–H and O–H groups in total. The first-order valence-corrected chi connectivity index (χ1v) is 12.2. The van der Waals surface area contributed by atoms with Crippen molar-refractivity contribution in [2.45, 2.75) is 13.3 Å². The Balaban J connectivity index is 1.18. The molecule has 2 aromatic rings. The average Bonchev–Trinajstić information content (AvgIpc) is 3.51. The van der Waals surface area contributed by atoms with Gasteiger partial charge in [0.1, 0.15) is 0 Å². The third-order valence-electron chi connectivity index (χ3n) is 6.98. The van der Waals surface area contributed by atoms with Crippen molar-refractivity contribution in [2.75, 3.05) is 11.5 Å². The molecule has 184 valence electrons. The molecule has 5 rings (SSSR count). The van der Waals surface area contributed by atoms with E-state index in [1.54, 1.807) is 36.4 Å². The van der Waals surface area contributed by atoms with Crippen LogP contribution in [0.15, 0.2) is 64.7 Å². The molecule has 10 heteroatoms. The number of allylic oxidation sites excluding steroid dienone is 2. The lowest BCUT2D eigenvalue weighted by Gasteiger charge is -2.19. The number of carbonyl (C=O) groups is 5. The molecule has 2 fully saturated rings. The zero-order valence-corrected chi connectivity index (χ0v) is 20.8. The topological polar surface area (TPSA) is 122 Å². The molecule has 1 saturated heterocycles. The Labute approximate surface area is 215 Å². The van der Waals surface area contributed by atoms with Crippen LogP contribution in [0, 0.1) is 23.7 Å². The molecule has 4 atom stereocenters. The lowest BCUT2D eigenvalue weighted by Crippen LogP contribution is -2.43. The minimum atomic E-state index is -0.803. The summed E-state index contributed by atoms with van der Waals surface area (Å²) in [4.78, 5) is 64.0. The van der Waals surface area contributed by atoms with E-state index in [9.17, 15) is 24.0 Å². The van der Waals surface area contributed by atoms with Crippen LogP contribution in [-0.4, -0.2) is 36.2 Å². The minimum Gasteiger partial charge on any atom is -0.452 e. The van der Waals surface area contributed by atoms with Crippen LogP contribution in [0.4, 0.5) is 5.69 Å². The molecule has 1 heterocycles. The maximum Gasteiger partial charge on any atom is 0.338 e. The zero-order valence-electron chi connectivity index (χ0n) is 19.2. The first-order chi connectivity index (χ1) is 17.2. The Morgan fingerprint density at radius 2 is 1.72 bits per heavy atom. The number of anilines is 1. The molecular weight excluding hydrogens is 530 g/mol. The summed E-state index contributed by atoms with van der Waals surface area (Å²) in [7, 11) is 0. The SMILES string of the molecule is CC1=C[C@H]2C[C@H]1[C@H]1C(=O)N(c3cccc(C(=O)OCC(=O)NNC(=O)c4ccc(Br)cc4)c3)C(=O)[C@H]12. The van der Waals surface area contributed by atoms with Crippen LogP contribution >= 0.6 is 15.9 Å². The standard InChI is InChI=1S/C26H22BrN3O6/c1-13-9-16-11-19(13)22-21(16)24(33)30(25(22)34)18-4-2-3-15(10-18)26(35)36-12-20(31)28-29-23(32)14-5-7-17(27)8-6-14/h2-10,16,19,21-22H,11-12H2,1H3,(H,28,31)(H,29,32)/t16-,19+,21-,22+/m0/s1. The highest BCUT2D eigenvalue weighted by Crippen LogP contribution is 2.55. The van der Waals surface area contributed by atoms with Crippen LogP contribution in [0.2, 0.25) is 0 Å². The zero-order chi connectivity index (χ0) is 25.6. The largest absolute Gasteiger partial charge is 0.452 e. The molecule has 0 aromatic heterocycles. The molecule has 0 unspecified atom stereocenters. The van der Waals surface area contributed by atoms with Crippen molar-refractivity contribution in [1.29, 1.82) is 0 Å². The Morgan fingerprint density at radius 3 is 2.47 bits per heavy atom. The summed E-state index contributed by atoms with van der Waals surface area (Å²) >= 11 is 3.27. The van der Waals surface area contributed by atoms with Gasteiger partial charge in [-0.1, -0.05) is 33.6 Å². The number of nitrogens with one attached hydrogen (secondary N) is 2. The number of nitrogens with zero attached hydrogens (tertiary/aromatic N) is 1. The van der Waals surface area contributed by atoms with Crippen molar-refractivity contribution >= 4 is 51.2 Å². The Hall–Kier alpha value is -3.79. The second kappa shape index (κ2) is 9.34. The highest BCUT2D eigenvalue weighted by Gasteiger charge is 2.60. The van der Waals surface area contributed by atoms with E-state index < -0.39 is 24.4 Å². The first-order valence-electron chi connectivity index (χ1n) is 11.4. The van der Waals surface area contributed by atoms with E-state index in [2.05, 4.69) is 32.9 Å². The van der Waals surface area contributed by atoms with Crippen molar-refractivity contribution in [3.05, 3.63) is 75.8 Å². The van der Waals surface area contributed by atoms with Crippen molar-refractivity contribution < 1.29 is 28.7 Å². The van der Waals surface area contributed by atoms with Gasteiger partial charge < -0.3 is 4.74 Å². The molecule has 2 aliphatic carbocycles. The van der Waals surface area contributed by atoms with Crippen LogP contribution in [0.1, 0.15) is 34.1 Å². The molecule has 1 saturated carbocycles. The predicted octanol–water partition coefficient (Wildman–Crippen LogP) is 2.77. The van der Waals surface area contributed by atoms with Gasteiger partial charge >= 0.3 is 5.97 Å². The number of rotatable bonds is 5. The minimum absolute atomic E-state index is 0.0809. The van der Waals surface area contributed by atoms with Gasteiger partial charge in [0.25, 0.3) is 11.8 Å². The quantitative estimate of drug-likeness (QED) is 0.255. The fraction of sp³-hybridized carbons (Fsp3) is 0.269. The number of benzene rings is 2. The molecule has 9 nitrogen and oxygen atoms in total. The van der Waals surface area contributed by atoms with Crippen LogP contribution in [0.25, 0.3) is 0 Å². The highest BCUT2D eigenvalue weighted by atomic mass is 79.9. The molecule has 2 bridgehead atoms. The number of esters is 1. The smallest absolute Gasteiger partial charge is 0.338 e. The number of amides is 4. The average molecular weight is 552 g/mol. The lowest BCUT2D eigenvalue weighted by molar-refractivity contribution is -0.125. The molecule has 4 amide bonds. The molecule has 3 aliphatic rings. The van der Waals surface area contributed by atoms with Crippen molar-refractivity contribution in [1.82, 2.24) is 10.9 Å².